The van der Waals surface area contributed by atoms with Gasteiger partial charge in [-0.15, -0.1) is 0 Å². The average molecular weight is 342 g/mol. The van der Waals surface area contributed by atoms with Gasteiger partial charge in [-0.05, 0) is 25.5 Å². The SMILES string of the molecule is CCCC[C@H](NC(=O)c1ccccc1NS(=O)(=O)CC)C(=O)O. The van der Waals surface area contributed by atoms with Gasteiger partial charge in [0.1, 0.15) is 6.04 Å². The van der Waals surface area contributed by atoms with Crippen LogP contribution in [0.4, 0.5) is 5.69 Å². The summed E-state index contributed by atoms with van der Waals surface area (Å²) in [6, 6.07) is 5.08. The van der Waals surface area contributed by atoms with Gasteiger partial charge in [0.25, 0.3) is 5.91 Å². The van der Waals surface area contributed by atoms with Gasteiger partial charge in [0.05, 0.1) is 17.0 Å². The average Bonchev–Trinajstić information content (AvgIpc) is 2.51. The number of carboxylic acids is 1. The van der Waals surface area contributed by atoms with E-state index in [1.807, 2.05) is 6.92 Å². The van der Waals surface area contributed by atoms with Crippen LogP contribution in [0.2, 0.25) is 0 Å². The normalized spacial score (nSPS) is 12.4. The van der Waals surface area contributed by atoms with Crippen molar-refractivity contribution < 1.29 is 23.1 Å². The predicted octanol–water partition coefficient (Wildman–Crippen LogP) is 1.82. The summed E-state index contributed by atoms with van der Waals surface area (Å²) >= 11 is 0. The van der Waals surface area contributed by atoms with Gasteiger partial charge in [-0.1, -0.05) is 31.9 Å². The fraction of sp³-hybridized carbons (Fsp3) is 0.467. The predicted molar refractivity (Wildman–Crippen MR) is 87.9 cm³/mol. The number of amides is 1. The first-order chi connectivity index (χ1) is 10.8. The minimum absolute atomic E-state index is 0.0901. The number of rotatable bonds is 9. The van der Waals surface area contributed by atoms with E-state index in [0.29, 0.717) is 12.8 Å². The van der Waals surface area contributed by atoms with Crippen molar-refractivity contribution in [3.63, 3.8) is 0 Å². The van der Waals surface area contributed by atoms with Gasteiger partial charge < -0.3 is 10.4 Å². The summed E-state index contributed by atoms with van der Waals surface area (Å²) in [6.07, 6.45) is 1.80. The zero-order valence-corrected chi connectivity index (χ0v) is 14.0. The summed E-state index contributed by atoms with van der Waals surface area (Å²) in [6.45, 7) is 3.41. The van der Waals surface area contributed by atoms with E-state index in [-0.39, 0.29) is 17.0 Å². The molecular formula is C15H22N2O5S. The molecular weight excluding hydrogens is 320 g/mol. The van der Waals surface area contributed by atoms with Crippen LogP contribution in [-0.2, 0) is 14.8 Å². The Bertz CT molecular complexity index is 658. The molecule has 7 nitrogen and oxygen atoms in total. The molecule has 1 aromatic rings. The smallest absolute Gasteiger partial charge is 0.326 e. The number of carbonyl (C=O) groups is 2. The van der Waals surface area contributed by atoms with Gasteiger partial charge in [0, 0.05) is 0 Å². The fourth-order valence-corrected chi connectivity index (χ4v) is 2.57. The molecule has 23 heavy (non-hydrogen) atoms. The Morgan fingerprint density at radius 1 is 1.22 bits per heavy atom. The fourth-order valence-electron chi connectivity index (χ4n) is 1.91. The first-order valence-electron chi connectivity index (χ1n) is 7.44. The van der Waals surface area contributed by atoms with Crippen molar-refractivity contribution in [2.75, 3.05) is 10.5 Å². The van der Waals surface area contributed by atoms with Gasteiger partial charge in [-0.25, -0.2) is 13.2 Å². The molecule has 0 spiro atoms. The molecule has 0 bridgehead atoms. The van der Waals surface area contributed by atoms with E-state index in [1.54, 1.807) is 12.1 Å². The van der Waals surface area contributed by atoms with Crippen LogP contribution in [0, 0.1) is 0 Å². The Morgan fingerprint density at radius 3 is 2.43 bits per heavy atom. The number of benzene rings is 1. The second kappa shape index (κ2) is 8.52. The van der Waals surface area contributed by atoms with E-state index in [1.165, 1.54) is 19.1 Å². The van der Waals surface area contributed by atoms with E-state index in [2.05, 4.69) is 10.0 Å². The zero-order valence-electron chi connectivity index (χ0n) is 13.2. The van der Waals surface area contributed by atoms with Crippen molar-refractivity contribution in [1.29, 1.82) is 0 Å². The van der Waals surface area contributed by atoms with Crippen LogP contribution in [0.15, 0.2) is 24.3 Å². The molecule has 0 unspecified atom stereocenters. The summed E-state index contributed by atoms with van der Waals surface area (Å²) in [5, 5.41) is 11.6. The molecule has 1 atom stereocenters. The van der Waals surface area contributed by atoms with Crippen molar-refractivity contribution in [2.45, 2.75) is 39.2 Å². The first kappa shape index (κ1) is 19.0. The molecule has 0 saturated heterocycles. The molecule has 8 heteroatoms. The van der Waals surface area contributed by atoms with Gasteiger partial charge in [-0.3, -0.25) is 9.52 Å². The monoisotopic (exact) mass is 342 g/mol. The number of carboxylic acid groups (broad SMARTS) is 1. The molecule has 0 fully saturated rings. The van der Waals surface area contributed by atoms with E-state index in [0.717, 1.165) is 6.42 Å². The van der Waals surface area contributed by atoms with Crippen LogP contribution in [0.25, 0.3) is 0 Å². The molecule has 0 aliphatic heterocycles. The van der Waals surface area contributed by atoms with Crippen LogP contribution < -0.4 is 10.0 Å². The third-order valence-electron chi connectivity index (χ3n) is 3.27. The third kappa shape index (κ3) is 5.90. The first-order valence-corrected chi connectivity index (χ1v) is 9.09. The standard InChI is InChI=1S/C15H22N2O5S/c1-3-5-9-13(15(19)20)16-14(18)11-8-6-7-10-12(11)17-23(21,22)4-2/h6-8,10,13,17H,3-5,9H2,1-2H3,(H,16,18)(H,19,20)/t13-/m0/s1. The molecule has 0 radical (unpaired) electrons. The number of para-hydroxylation sites is 1. The molecule has 0 heterocycles. The highest BCUT2D eigenvalue weighted by Crippen LogP contribution is 2.17. The lowest BCUT2D eigenvalue weighted by Gasteiger charge is -2.16. The summed E-state index contributed by atoms with van der Waals surface area (Å²) in [5.41, 5.74) is 0.221. The molecule has 3 N–H and O–H groups in total. The number of hydrogen-bond donors (Lipinski definition) is 3. The number of aliphatic carboxylic acids is 1. The van der Waals surface area contributed by atoms with Crippen molar-refractivity contribution in [3.8, 4) is 0 Å². The van der Waals surface area contributed by atoms with E-state index in [9.17, 15) is 18.0 Å². The van der Waals surface area contributed by atoms with Crippen LogP contribution >= 0.6 is 0 Å². The van der Waals surface area contributed by atoms with Crippen molar-refractivity contribution in [2.24, 2.45) is 0 Å². The highest BCUT2D eigenvalue weighted by atomic mass is 32.2. The summed E-state index contributed by atoms with van der Waals surface area (Å²) < 4.78 is 25.7. The minimum Gasteiger partial charge on any atom is -0.480 e. The molecule has 1 aromatic carbocycles. The summed E-state index contributed by atoms with van der Waals surface area (Å²) in [4.78, 5) is 23.5. The lowest BCUT2D eigenvalue weighted by Crippen LogP contribution is -2.41. The van der Waals surface area contributed by atoms with Gasteiger partial charge in [0.15, 0.2) is 0 Å². The van der Waals surface area contributed by atoms with Gasteiger partial charge >= 0.3 is 5.97 Å². The summed E-state index contributed by atoms with van der Waals surface area (Å²) in [5.74, 6) is -1.86. The van der Waals surface area contributed by atoms with E-state index >= 15 is 0 Å². The molecule has 1 rings (SSSR count). The van der Waals surface area contributed by atoms with Crippen molar-refractivity contribution in [3.05, 3.63) is 29.8 Å². The largest absolute Gasteiger partial charge is 0.480 e. The Labute approximate surface area is 136 Å². The van der Waals surface area contributed by atoms with Crippen LogP contribution in [0.3, 0.4) is 0 Å². The molecule has 0 aromatic heterocycles. The Kier molecular flexibility index (Phi) is 7.02. The molecule has 128 valence electrons. The molecule has 1 amide bonds. The molecule has 0 aliphatic rings. The van der Waals surface area contributed by atoms with Crippen LogP contribution in [0.5, 0.6) is 0 Å². The number of nitrogens with one attached hydrogen (secondary N) is 2. The number of sulfonamides is 1. The topological polar surface area (TPSA) is 113 Å². The maximum atomic E-state index is 12.3. The number of hydrogen-bond acceptors (Lipinski definition) is 4. The molecule has 0 saturated carbocycles. The third-order valence-corrected chi connectivity index (χ3v) is 4.56. The number of anilines is 1. The highest BCUT2D eigenvalue weighted by Gasteiger charge is 2.22. The Hall–Kier alpha value is -2.09. The van der Waals surface area contributed by atoms with Gasteiger partial charge in [-0.2, -0.15) is 0 Å². The lowest BCUT2D eigenvalue weighted by molar-refractivity contribution is -0.139. The van der Waals surface area contributed by atoms with Crippen molar-refractivity contribution in [1.82, 2.24) is 5.32 Å². The Balaban J connectivity index is 2.97. The zero-order chi connectivity index (χ0) is 17.5. The van der Waals surface area contributed by atoms with Crippen LogP contribution in [-0.4, -0.2) is 37.2 Å². The van der Waals surface area contributed by atoms with E-state index in [4.69, 9.17) is 5.11 Å². The van der Waals surface area contributed by atoms with Crippen molar-refractivity contribution >= 4 is 27.6 Å². The lowest BCUT2D eigenvalue weighted by atomic mass is 10.1. The summed E-state index contributed by atoms with van der Waals surface area (Å²) in [7, 11) is -3.53. The van der Waals surface area contributed by atoms with Gasteiger partial charge in [0.2, 0.25) is 10.0 Å². The molecule has 0 aliphatic carbocycles. The highest BCUT2D eigenvalue weighted by molar-refractivity contribution is 7.92. The van der Waals surface area contributed by atoms with Crippen LogP contribution in [0.1, 0.15) is 43.5 Å². The second-order valence-electron chi connectivity index (χ2n) is 5.06. The second-order valence-corrected chi connectivity index (χ2v) is 7.07. The number of unbranched alkanes of at least 4 members (excludes halogenated alkanes) is 1. The Morgan fingerprint density at radius 2 is 1.87 bits per heavy atom. The minimum atomic E-state index is -3.53. The maximum absolute atomic E-state index is 12.3. The maximum Gasteiger partial charge on any atom is 0.326 e. The number of carbonyl (C=O) groups excluding carboxylic acids is 1. The quantitative estimate of drug-likeness (QED) is 0.633. The van der Waals surface area contributed by atoms with E-state index < -0.39 is 27.9 Å².